The molecule has 0 aliphatic carbocycles. The lowest BCUT2D eigenvalue weighted by molar-refractivity contribution is 0.0237. The highest BCUT2D eigenvalue weighted by molar-refractivity contribution is 5.28. The van der Waals surface area contributed by atoms with E-state index >= 15 is 0 Å². The summed E-state index contributed by atoms with van der Waals surface area (Å²) >= 11 is 0. The third-order valence-electron chi connectivity index (χ3n) is 3.24. The normalized spacial score (nSPS) is 26.4. The zero-order valence-electron chi connectivity index (χ0n) is 9.59. The first-order valence-electron chi connectivity index (χ1n) is 5.81. The van der Waals surface area contributed by atoms with Gasteiger partial charge in [-0.25, -0.2) is 4.39 Å². The van der Waals surface area contributed by atoms with E-state index < -0.39 is 5.60 Å². The van der Waals surface area contributed by atoms with Crippen LogP contribution < -0.4 is 5.32 Å². The van der Waals surface area contributed by atoms with Gasteiger partial charge in [-0.2, -0.15) is 0 Å². The molecule has 2 N–H and O–H groups in total. The Hall–Kier alpha value is -0.930. The van der Waals surface area contributed by atoms with Crippen molar-refractivity contribution < 1.29 is 9.50 Å². The van der Waals surface area contributed by atoms with Gasteiger partial charge in [0.15, 0.2) is 0 Å². The van der Waals surface area contributed by atoms with E-state index in [1.807, 2.05) is 13.0 Å². The Morgan fingerprint density at radius 3 is 2.81 bits per heavy atom. The van der Waals surface area contributed by atoms with Crippen molar-refractivity contribution >= 4 is 0 Å². The maximum absolute atomic E-state index is 13.3. The Kier molecular flexibility index (Phi) is 3.26. The Morgan fingerprint density at radius 2 is 2.06 bits per heavy atom. The first-order chi connectivity index (χ1) is 7.60. The molecule has 2 nitrogen and oxygen atoms in total. The number of benzene rings is 1. The average molecular weight is 223 g/mol. The average Bonchev–Trinajstić information content (AvgIpc) is 2.43. The van der Waals surface area contributed by atoms with Gasteiger partial charge in [-0.15, -0.1) is 0 Å². The summed E-state index contributed by atoms with van der Waals surface area (Å²) in [5, 5.41) is 13.8. The molecule has 0 radical (unpaired) electrons. The van der Waals surface area contributed by atoms with Crippen LogP contribution in [0.3, 0.4) is 0 Å². The number of halogens is 1. The summed E-state index contributed by atoms with van der Waals surface area (Å²) in [5.41, 5.74) is 0.713. The molecule has 0 saturated carbocycles. The molecule has 88 valence electrons. The van der Waals surface area contributed by atoms with Gasteiger partial charge in [-0.3, -0.25) is 0 Å². The Morgan fingerprint density at radius 1 is 1.25 bits per heavy atom. The second kappa shape index (κ2) is 4.52. The maximum atomic E-state index is 13.3. The summed E-state index contributed by atoms with van der Waals surface area (Å²) < 4.78 is 13.3. The van der Waals surface area contributed by atoms with Crippen LogP contribution >= 0.6 is 0 Å². The highest BCUT2D eigenvalue weighted by Crippen LogP contribution is 2.32. The van der Waals surface area contributed by atoms with Crippen LogP contribution in [-0.2, 0) is 5.60 Å². The molecule has 3 heteroatoms. The third kappa shape index (κ3) is 2.42. The minimum absolute atomic E-state index is 0.263. The van der Waals surface area contributed by atoms with Crippen LogP contribution in [0.15, 0.2) is 18.2 Å². The van der Waals surface area contributed by atoms with Crippen molar-refractivity contribution in [2.24, 2.45) is 0 Å². The van der Waals surface area contributed by atoms with Gasteiger partial charge in [0.2, 0.25) is 0 Å². The minimum Gasteiger partial charge on any atom is -0.385 e. The molecule has 0 bridgehead atoms. The number of hydrogen-bond donors (Lipinski definition) is 2. The third-order valence-corrected chi connectivity index (χ3v) is 3.24. The molecular formula is C13H18FNO. The van der Waals surface area contributed by atoms with Gasteiger partial charge in [0.25, 0.3) is 0 Å². The van der Waals surface area contributed by atoms with Crippen LogP contribution in [0.25, 0.3) is 0 Å². The molecule has 0 amide bonds. The monoisotopic (exact) mass is 223 g/mol. The van der Waals surface area contributed by atoms with Gasteiger partial charge in [-0.1, -0.05) is 6.07 Å². The molecule has 1 heterocycles. The summed E-state index contributed by atoms with van der Waals surface area (Å²) in [4.78, 5) is 0. The second-order valence-corrected chi connectivity index (χ2v) is 4.65. The fourth-order valence-electron chi connectivity index (χ4n) is 2.34. The smallest absolute Gasteiger partial charge is 0.123 e. The quantitative estimate of drug-likeness (QED) is 0.764. The number of rotatable bonds is 1. The van der Waals surface area contributed by atoms with Crippen LogP contribution in [0, 0.1) is 12.7 Å². The first-order valence-corrected chi connectivity index (χ1v) is 5.81. The molecule has 0 spiro atoms. The predicted octanol–water partition coefficient (Wildman–Crippen LogP) is 2.10. The standard InChI is InChI=1S/C13H18FNO/c1-10-7-11(9-12(14)8-10)13(16)3-2-5-15-6-4-13/h7-9,15-16H,2-6H2,1H3. The molecule has 1 aliphatic rings. The van der Waals surface area contributed by atoms with Crippen LogP contribution in [0.1, 0.15) is 30.4 Å². The zero-order chi connectivity index (χ0) is 11.6. The molecule has 1 saturated heterocycles. The minimum atomic E-state index is -0.865. The molecule has 16 heavy (non-hydrogen) atoms. The van der Waals surface area contributed by atoms with Crippen LogP contribution in [0.4, 0.5) is 4.39 Å². The number of aliphatic hydroxyl groups is 1. The van der Waals surface area contributed by atoms with E-state index in [9.17, 15) is 9.50 Å². The van der Waals surface area contributed by atoms with Crippen molar-refractivity contribution in [3.8, 4) is 0 Å². The van der Waals surface area contributed by atoms with Gasteiger partial charge >= 0.3 is 0 Å². The van der Waals surface area contributed by atoms with Gasteiger partial charge < -0.3 is 10.4 Å². The number of nitrogens with one attached hydrogen (secondary N) is 1. The molecule has 1 aliphatic heterocycles. The molecule has 0 aromatic heterocycles. The Bertz CT molecular complexity index is 350. The number of hydrogen-bond acceptors (Lipinski definition) is 2. The zero-order valence-corrected chi connectivity index (χ0v) is 9.59. The van der Waals surface area contributed by atoms with Gasteiger partial charge in [0.1, 0.15) is 5.82 Å². The highest BCUT2D eigenvalue weighted by Gasteiger charge is 2.30. The molecule has 2 rings (SSSR count). The highest BCUT2D eigenvalue weighted by atomic mass is 19.1. The Balaban J connectivity index is 2.32. The summed E-state index contributed by atoms with van der Waals surface area (Å²) in [5.74, 6) is -0.263. The van der Waals surface area contributed by atoms with Crippen LogP contribution in [-0.4, -0.2) is 18.2 Å². The van der Waals surface area contributed by atoms with Crippen molar-refractivity contribution in [1.29, 1.82) is 0 Å². The van der Waals surface area contributed by atoms with Crippen LogP contribution in [0.2, 0.25) is 0 Å². The van der Waals surface area contributed by atoms with Gasteiger partial charge in [0, 0.05) is 0 Å². The SMILES string of the molecule is Cc1cc(F)cc(C2(O)CCCNCC2)c1. The lowest BCUT2D eigenvalue weighted by Gasteiger charge is -2.27. The first kappa shape index (κ1) is 11.6. The fourth-order valence-corrected chi connectivity index (χ4v) is 2.34. The fraction of sp³-hybridized carbons (Fsp3) is 0.538. The molecule has 1 fully saturated rings. The summed E-state index contributed by atoms with van der Waals surface area (Å²) in [6.07, 6.45) is 2.27. The molecule has 1 atom stereocenters. The molecule has 1 aromatic carbocycles. The van der Waals surface area contributed by atoms with E-state index in [0.717, 1.165) is 25.1 Å². The Labute approximate surface area is 95.5 Å². The lowest BCUT2D eigenvalue weighted by atomic mass is 9.86. The molecular weight excluding hydrogens is 205 g/mol. The van der Waals surface area contributed by atoms with Gasteiger partial charge in [-0.05, 0) is 62.5 Å². The van der Waals surface area contributed by atoms with E-state index in [4.69, 9.17) is 0 Å². The molecule has 1 unspecified atom stereocenters. The lowest BCUT2D eigenvalue weighted by Crippen LogP contribution is -2.27. The van der Waals surface area contributed by atoms with Crippen LogP contribution in [0.5, 0.6) is 0 Å². The van der Waals surface area contributed by atoms with Crippen molar-refractivity contribution in [2.45, 2.75) is 31.8 Å². The summed E-state index contributed by atoms with van der Waals surface area (Å²) in [6, 6.07) is 4.83. The van der Waals surface area contributed by atoms with E-state index in [0.29, 0.717) is 18.4 Å². The second-order valence-electron chi connectivity index (χ2n) is 4.65. The van der Waals surface area contributed by atoms with Crippen molar-refractivity contribution in [2.75, 3.05) is 13.1 Å². The van der Waals surface area contributed by atoms with E-state index in [1.165, 1.54) is 12.1 Å². The molecule has 1 aromatic rings. The largest absolute Gasteiger partial charge is 0.385 e. The van der Waals surface area contributed by atoms with Gasteiger partial charge in [0.05, 0.1) is 5.60 Å². The van der Waals surface area contributed by atoms with Crippen molar-refractivity contribution in [1.82, 2.24) is 5.32 Å². The van der Waals surface area contributed by atoms with E-state index in [-0.39, 0.29) is 5.82 Å². The van der Waals surface area contributed by atoms with Crippen molar-refractivity contribution in [3.63, 3.8) is 0 Å². The maximum Gasteiger partial charge on any atom is 0.123 e. The van der Waals surface area contributed by atoms with Crippen molar-refractivity contribution in [3.05, 3.63) is 35.1 Å². The topological polar surface area (TPSA) is 32.3 Å². The van der Waals surface area contributed by atoms with E-state index in [2.05, 4.69) is 5.32 Å². The number of aryl methyl sites for hydroxylation is 1. The summed E-state index contributed by atoms with van der Waals surface area (Å²) in [7, 11) is 0. The van der Waals surface area contributed by atoms with E-state index in [1.54, 1.807) is 0 Å². The summed E-state index contributed by atoms with van der Waals surface area (Å²) in [6.45, 7) is 3.56. The predicted molar refractivity (Wildman–Crippen MR) is 61.8 cm³/mol.